The van der Waals surface area contributed by atoms with Crippen molar-refractivity contribution >= 4 is 5.97 Å². The lowest BCUT2D eigenvalue weighted by Gasteiger charge is -2.39. The first-order chi connectivity index (χ1) is 12.8. The smallest absolute Gasteiger partial charge is 0.331 e. The predicted molar refractivity (Wildman–Crippen MR) is 102 cm³/mol. The number of hydrogen-bond acceptors (Lipinski definition) is 5. The third kappa shape index (κ3) is 3.83. The lowest BCUT2D eigenvalue weighted by Crippen LogP contribution is -2.51. The summed E-state index contributed by atoms with van der Waals surface area (Å²) in [7, 11) is 1.61. The molecule has 0 aromatic carbocycles. The molecule has 1 aliphatic heterocycles. The molecule has 7 heteroatoms. The highest BCUT2D eigenvalue weighted by Gasteiger charge is 2.44. The molecule has 27 heavy (non-hydrogen) atoms. The molecular formula is C20H28N4O3. The SMILES string of the molecule is COc1ncccc1CN1CCC(C(=O)O)(n2ccc(C(C)(C)C)n2)CC1. The van der Waals surface area contributed by atoms with Gasteiger partial charge in [0.25, 0.3) is 0 Å². The van der Waals surface area contributed by atoms with E-state index in [0.717, 1.165) is 11.3 Å². The molecule has 0 aliphatic carbocycles. The summed E-state index contributed by atoms with van der Waals surface area (Å²) in [5.41, 5.74) is 0.823. The van der Waals surface area contributed by atoms with Gasteiger partial charge in [-0.05, 0) is 25.0 Å². The van der Waals surface area contributed by atoms with Gasteiger partial charge < -0.3 is 9.84 Å². The van der Waals surface area contributed by atoms with Crippen molar-refractivity contribution < 1.29 is 14.6 Å². The van der Waals surface area contributed by atoms with Crippen molar-refractivity contribution in [3.05, 3.63) is 41.9 Å². The number of ether oxygens (including phenoxy) is 1. The molecule has 2 aromatic rings. The number of likely N-dealkylation sites (tertiary alicyclic amines) is 1. The number of nitrogens with zero attached hydrogens (tertiary/aromatic N) is 4. The van der Waals surface area contributed by atoms with Crippen LogP contribution in [0.15, 0.2) is 30.6 Å². The number of carboxylic acid groups (broad SMARTS) is 1. The molecule has 0 spiro atoms. The van der Waals surface area contributed by atoms with Gasteiger partial charge >= 0.3 is 5.97 Å². The van der Waals surface area contributed by atoms with Crippen molar-refractivity contribution in [2.75, 3.05) is 20.2 Å². The fraction of sp³-hybridized carbons (Fsp3) is 0.550. The Bertz CT molecular complexity index is 802. The zero-order valence-corrected chi connectivity index (χ0v) is 16.5. The molecule has 0 bridgehead atoms. The summed E-state index contributed by atoms with van der Waals surface area (Å²) in [6, 6.07) is 5.81. The van der Waals surface area contributed by atoms with Gasteiger partial charge in [0.1, 0.15) is 0 Å². The van der Waals surface area contributed by atoms with E-state index in [1.807, 2.05) is 24.4 Å². The van der Waals surface area contributed by atoms with E-state index in [0.29, 0.717) is 38.4 Å². The molecule has 0 saturated carbocycles. The maximum atomic E-state index is 12.2. The molecular weight excluding hydrogens is 344 g/mol. The van der Waals surface area contributed by atoms with Gasteiger partial charge in [0.15, 0.2) is 5.54 Å². The van der Waals surface area contributed by atoms with Crippen molar-refractivity contribution in [1.82, 2.24) is 19.7 Å². The van der Waals surface area contributed by atoms with Crippen molar-refractivity contribution in [2.45, 2.75) is 51.1 Å². The molecule has 7 nitrogen and oxygen atoms in total. The average molecular weight is 372 g/mol. The van der Waals surface area contributed by atoms with E-state index in [1.54, 1.807) is 18.0 Å². The zero-order valence-electron chi connectivity index (χ0n) is 16.5. The number of carbonyl (C=O) groups is 1. The largest absolute Gasteiger partial charge is 0.481 e. The number of piperidine rings is 1. The molecule has 146 valence electrons. The molecule has 1 aliphatic rings. The molecule has 0 unspecified atom stereocenters. The van der Waals surface area contributed by atoms with Gasteiger partial charge in [-0.25, -0.2) is 9.78 Å². The Morgan fingerprint density at radius 1 is 1.30 bits per heavy atom. The third-order valence-electron chi connectivity index (χ3n) is 5.31. The Balaban J connectivity index is 1.76. The van der Waals surface area contributed by atoms with Crippen molar-refractivity contribution in [2.24, 2.45) is 0 Å². The first-order valence-electron chi connectivity index (χ1n) is 9.26. The molecule has 3 heterocycles. The fourth-order valence-electron chi connectivity index (χ4n) is 3.55. The average Bonchev–Trinajstić information content (AvgIpc) is 3.14. The highest BCUT2D eigenvalue weighted by Crippen LogP contribution is 2.33. The highest BCUT2D eigenvalue weighted by molar-refractivity contribution is 5.76. The minimum atomic E-state index is -0.987. The summed E-state index contributed by atoms with van der Waals surface area (Å²) in [4.78, 5) is 18.7. The number of methoxy groups -OCH3 is 1. The Morgan fingerprint density at radius 2 is 2.00 bits per heavy atom. The second kappa shape index (κ2) is 7.31. The van der Waals surface area contributed by atoms with E-state index in [2.05, 4.69) is 35.8 Å². The number of aromatic nitrogens is 3. The number of aliphatic carboxylic acids is 1. The summed E-state index contributed by atoms with van der Waals surface area (Å²) in [5, 5.41) is 14.6. The first kappa shape index (κ1) is 19.4. The Morgan fingerprint density at radius 3 is 2.56 bits per heavy atom. The lowest BCUT2D eigenvalue weighted by molar-refractivity contribution is -0.151. The number of pyridine rings is 1. The van der Waals surface area contributed by atoms with Crippen molar-refractivity contribution in [3.63, 3.8) is 0 Å². The standard InChI is InChI=1S/C20H28N4O3/c1-19(2,3)16-7-11-24(22-16)20(18(25)26)8-12-23(13-9-20)14-15-6-5-10-21-17(15)27-4/h5-7,10-11H,8-9,12-14H2,1-4H3,(H,25,26). The molecule has 0 amide bonds. The summed E-state index contributed by atoms with van der Waals surface area (Å²) in [5.74, 6) is -0.195. The summed E-state index contributed by atoms with van der Waals surface area (Å²) in [6.07, 6.45) is 4.54. The number of carboxylic acids is 1. The topological polar surface area (TPSA) is 80.5 Å². The lowest BCUT2D eigenvalue weighted by atomic mass is 9.87. The van der Waals surface area contributed by atoms with Crippen LogP contribution in [0.25, 0.3) is 0 Å². The van der Waals surface area contributed by atoms with Crippen LogP contribution in [-0.2, 0) is 22.3 Å². The van der Waals surface area contributed by atoms with E-state index in [1.165, 1.54) is 0 Å². The molecule has 0 radical (unpaired) electrons. The van der Waals surface area contributed by atoms with Crippen molar-refractivity contribution in [3.8, 4) is 5.88 Å². The van der Waals surface area contributed by atoms with E-state index >= 15 is 0 Å². The van der Waals surface area contributed by atoms with Crippen LogP contribution in [-0.4, -0.2) is 50.9 Å². The maximum Gasteiger partial charge on any atom is 0.331 e. The van der Waals surface area contributed by atoms with Crippen LogP contribution in [0.4, 0.5) is 0 Å². The Labute approximate surface area is 160 Å². The fourth-order valence-corrected chi connectivity index (χ4v) is 3.55. The summed E-state index contributed by atoms with van der Waals surface area (Å²) < 4.78 is 6.99. The van der Waals surface area contributed by atoms with Crippen LogP contribution in [0.1, 0.15) is 44.9 Å². The Kier molecular flexibility index (Phi) is 5.24. The zero-order chi connectivity index (χ0) is 19.7. The van der Waals surface area contributed by atoms with E-state index in [4.69, 9.17) is 4.74 Å². The second-order valence-corrected chi connectivity index (χ2v) is 8.18. The number of hydrogen-bond donors (Lipinski definition) is 1. The van der Waals surface area contributed by atoms with E-state index < -0.39 is 11.5 Å². The van der Waals surface area contributed by atoms with Gasteiger partial charge in [-0.3, -0.25) is 9.58 Å². The molecule has 1 fully saturated rings. The van der Waals surface area contributed by atoms with Crippen molar-refractivity contribution in [1.29, 1.82) is 0 Å². The highest BCUT2D eigenvalue weighted by atomic mass is 16.5. The van der Waals surface area contributed by atoms with Gasteiger partial charge in [-0.2, -0.15) is 5.10 Å². The van der Waals surface area contributed by atoms with Gasteiger partial charge in [-0.15, -0.1) is 0 Å². The van der Waals surface area contributed by atoms with Crippen LogP contribution in [0.2, 0.25) is 0 Å². The minimum Gasteiger partial charge on any atom is -0.481 e. The van der Waals surface area contributed by atoms with Gasteiger partial charge in [0.05, 0.1) is 12.8 Å². The van der Waals surface area contributed by atoms with Crippen LogP contribution in [0, 0.1) is 0 Å². The molecule has 1 N–H and O–H groups in total. The number of rotatable bonds is 5. The van der Waals surface area contributed by atoms with Gasteiger partial charge in [0.2, 0.25) is 5.88 Å². The summed E-state index contributed by atoms with van der Waals surface area (Å²) in [6.45, 7) is 8.29. The molecule has 0 atom stereocenters. The Hall–Kier alpha value is -2.41. The first-order valence-corrected chi connectivity index (χ1v) is 9.26. The summed E-state index contributed by atoms with van der Waals surface area (Å²) >= 11 is 0. The van der Waals surface area contributed by atoms with Crippen LogP contribution in [0.3, 0.4) is 0 Å². The molecule has 3 rings (SSSR count). The quantitative estimate of drug-likeness (QED) is 0.869. The molecule has 2 aromatic heterocycles. The minimum absolute atomic E-state index is 0.109. The van der Waals surface area contributed by atoms with Crippen LogP contribution in [0.5, 0.6) is 5.88 Å². The van der Waals surface area contributed by atoms with Crippen LogP contribution < -0.4 is 4.74 Å². The molecule has 1 saturated heterocycles. The second-order valence-electron chi connectivity index (χ2n) is 8.18. The van der Waals surface area contributed by atoms with E-state index in [9.17, 15) is 9.90 Å². The van der Waals surface area contributed by atoms with E-state index in [-0.39, 0.29) is 5.41 Å². The normalized spacial score (nSPS) is 17.6. The monoisotopic (exact) mass is 372 g/mol. The maximum absolute atomic E-state index is 12.2. The third-order valence-corrected chi connectivity index (χ3v) is 5.31. The van der Waals surface area contributed by atoms with Gasteiger partial charge in [-0.1, -0.05) is 26.8 Å². The predicted octanol–water partition coefficient (Wildman–Crippen LogP) is 2.66. The van der Waals surface area contributed by atoms with Crippen LogP contribution >= 0.6 is 0 Å². The van der Waals surface area contributed by atoms with Gasteiger partial charge in [0, 0.05) is 43.0 Å².